The van der Waals surface area contributed by atoms with Crippen molar-refractivity contribution >= 4 is 56.4 Å². The first-order valence-corrected chi connectivity index (χ1v) is 9.49. The number of rotatable bonds is 3. The van der Waals surface area contributed by atoms with Crippen molar-refractivity contribution in [3.8, 4) is 11.3 Å². The largest absolute Gasteiger partial charge is 0.355 e. The Labute approximate surface area is 171 Å². The highest BCUT2D eigenvalue weighted by Crippen LogP contribution is 2.33. The molecule has 0 saturated heterocycles. The molecule has 0 bridgehead atoms. The fraction of sp³-hybridized carbons (Fsp3) is 0. The van der Waals surface area contributed by atoms with Crippen LogP contribution in [0.5, 0.6) is 0 Å². The molecule has 0 fully saturated rings. The van der Waals surface area contributed by atoms with E-state index >= 15 is 0 Å². The molecule has 136 valence electrons. The number of para-hydroxylation sites is 1. The molecular weight excluding hydrogens is 391 g/mol. The van der Waals surface area contributed by atoms with E-state index in [4.69, 9.17) is 23.2 Å². The third kappa shape index (κ3) is 2.97. The number of pyridine rings is 1. The Morgan fingerprint density at radius 3 is 2.61 bits per heavy atom. The van der Waals surface area contributed by atoms with Gasteiger partial charge in [0.05, 0.1) is 21.1 Å². The van der Waals surface area contributed by atoms with Gasteiger partial charge < -0.3 is 5.32 Å². The minimum Gasteiger partial charge on any atom is -0.355 e. The van der Waals surface area contributed by atoms with Gasteiger partial charge >= 0.3 is 0 Å². The zero-order valence-corrected chi connectivity index (χ0v) is 16.1. The topological polar surface area (TPSA) is 53.6 Å². The molecule has 0 aliphatic carbocycles. The molecular formula is C22H14Cl2N4. The number of benzene rings is 3. The van der Waals surface area contributed by atoms with Gasteiger partial charge in [-0.1, -0.05) is 47.5 Å². The molecule has 0 spiro atoms. The SMILES string of the molecule is Clc1ccc(-c2n[nH]c3ccc(Nc4ccnc5ccccc45)cc23)cc1Cl. The van der Waals surface area contributed by atoms with Crippen molar-refractivity contribution in [1.82, 2.24) is 15.2 Å². The monoisotopic (exact) mass is 404 g/mol. The molecule has 28 heavy (non-hydrogen) atoms. The summed E-state index contributed by atoms with van der Waals surface area (Å²) in [6.07, 6.45) is 1.81. The van der Waals surface area contributed by atoms with E-state index in [1.807, 2.05) is 54.7 Å². The zero-order chi connectivity index (χ0) is 19.1. The summed E-state index contributed by atoms with van der Waals surface area (Å²) in [6.45, 7) is 0. The minimum atomic E-state index is 0.507. The number of nitrogens with zero attached hydrogens (tertiary/aromatic N) is 2. The van der Waals surface area contributed by atoms with Crippen LogP contribution in [-0.4, -0.2) is 15.2 Å². The van der Waals surface area contributed by atoms with Crippen molar-refractivity contribution < 1.29 is 0 Å². The second kappa shape index (κ2) is 6.82. The van der Waals surface area contributed by atoms with Crippen LogP contribution >= 0.6 is 23.2 Å². The molecule has 0 aliphatic rings. The second-order valence-electron chi connectivity index (χ2n) is 6.46. The maximum atomic E-state index is 6.19. The molecule has 2 aromatic heterocycles. The first kappa shape index (κ1) is 17.0. The van der Waals surface area contributed by atoms with Crippen LogP contribution in [0.25, 0.3) is 33.1 Å². The number of aromatic amines is 1. The highest BCUT2D eigenvalue weighted by atomic mass is 35.5. The molecule has 2 heterocycles. The van der Waals surface area contributed by atoms with Crippen molar-refractivity contribution in [2.75, 3.05) is 5.32 Å². The van der Waals surface area contributed by atoms with Crippen LogP contribution in [0.4, 0.5) is 11.4 Å². The van der Waals surface area contributed by atoms with Gasteiger partial charge in [0, 0.05) is 33.9 Å². The highest BCUT2D eigenvalue weighted by molar-refractivity contribution is 6.42. The number of hydrogen-bond donors (Lipinski definition) is 2. The Hall–Kier alpha value is -3.08. The number of H-pyrrole nitrogens is 1. The van der Waals surface area contributed by atoms with E-state index in [0.717, 1.165) is 44.4 Å². The maximum Gasteiger partial charge on any atom is 0.100 e. The lowest BCUT2D eigenvalue weighted by Crippen LogP contribution is -1.92. The Bertz CT molecular complexity index is 1320. The minimum absolute atomic E-state index is 0.507. The quantitative estimate of drug-likeness (QED) is 0.346. The summed E-state index contributed by atoms with van der Waals surface area (Å²) < 4.78 is 0. The standard InChI is InChI=1S/C22H14Cl2N4/c23-17-7-5-13(11-18(17)24)22-16-12-14(6-8-21(16)27-28-22)26-20-9-10-25-19-4-2-1-3-15(19)20/h1-12H,(H,25,26)(H,27,28). The summed E-state index contributed by atoms with van der Waals surface area (Å²) in [4.78, 5) is 4.42. The van der Waals surface area contributed by atoms with E-state index in [0.29, 0.717) is 10.0 Å². The molecule has 3 aromatic carbocycles. The summed E-state index contributed by atoms with van der Waals surface area (Å²) in [5.74, 6) is 0. The fourth-order valence-electron chi connectivity index (χ4n) is 3.32. The number of aromatic nitrogens is 3. The van der Waals surface area contributed by atoms with Crippen LogP contribution in [0.2, 0.25) is 10.0 Å². The van der Waals surface area contributed by atoms with Gasteiger partial charge in [-0.25, -0.2) is 0 Å². The smallest absolute Gasteiger partial charge is 0.100 e. The third-order valence-electron chi connectivity index (χ3n) is 4.68. The van der Waals surface area contributed by atoms with Crippen molar-refractivity contribution in [3.63, 3.8) is 0 Å². The average molecular weight is 405 g/mol. The van der Waals surface area contributed by atoms with Crippen LogP contribution < -0.4 is 5.32 Å². The number of nitrogens with one attached hydrogen (secondary N) is 2. The van der Waals surface area contributed by atoms with E-state index in [-0.39, 0.29) is 0 Å². The highest BCUT2D eigenvalue weighted by Gasteiger charge is 2.11. The van der Waals surface area contributed by atoms with Crippen LogP contribution in [-0.2, 0) is 0 Å². The van der Waals surface area contributed by atoms with E-state index < -0.39 is 0 Å². The van der Waals surface area contributed by atoms with Crippen LogP contribution in [0.3, 0.4) is 0 Å². The Morgan fingerprint density at radius 1 is 0.821 bits per heavy atom. The first-order chi connectivity index (χ1) is 13.7. The summed E-state index contributed by atoms with van der Waals surface area (Å²) in [7, 11) is 0. The average Bonchev–Trinajstić information content (AvgIpc) is 3.14. The normalized spacial score (nSPS) is 11.2. The van der Waals surface area contributed by atoms with E-state index in [1.165, 1.54) is 0 Å². The van der Waals surface area contributed by atoms with Crippen LogP contribution in [0.15, 0.2) is 72.9 Å². The van der Waals surface area contributed by atoms with Gasteiger partial charge in [0.2, 0.25) is 0 Å². The van der Waals surface area contributed by atoms with Gasteiger partial charge in [-0.3, -0.25) is 10.1 Å². The molecule has 5 rings (SSSR count). The van der Waals surface area contributed by atoms with E-state index in [9.17, 15) is 0 Å². The Kier molecular flexibility index (Phi) is 4.15. The molecule has 5 aromatic rings. The molecule has 2 N–H and O–H groups in total. The lowest BCUT2D eigenvalue weighted by atomic mass is 10.1. The molecule has 4 nitrogen and oxygen atoms in total. The molecule has 0 radical (unpaired) electrons. The van der Waals surface area contributed by atoms with Gasteiger partial charge in [-0.15, -0.1) is 0 Å². The summed E-state index contributed by atoms with van der Waals surface area (Å²) in [5.41, 5.74) is 5.61. The molecule has 0 saturated carbocycles. The fourth-order valence-corrected chi connectivity index (χ4v) is 3.61. The van der Waals surface area contributed by atoms with Crippen molar-refractivity contribution in [2.45, 2.75) is 0 Å². The number of anilines is 2. The van der Waals surface area contributed by atoms with Gasteiger partial charge in [0.1, 0.15) is 5.69 Å². The Balaban J connectivity index is 1.58. The third-order valence-corrected chi connectivity index (χ3v) is 5.42. The zero-order valence-electron chi connectivity index (χ0n) is 14.6. The van der Waals surface area contributed by atoms with Gasteiger partial charge in [-0.2, -0.15) is 5.10 Å². The number of halogens is 2. The van der Waals surface area contributed by atoms with E-state index in [2.05, 4.69) is 32.6 Å². The predicted octanol–water partition coefficient (Wildman–Crippen LogP) is 6.83. The molecule has 0 aliphatic heterocycles. The maximum absolute atomic E-state index is 6.19. The first-order valence-electron chi connectivity index (χ1n) is 8.73. The molecule has 0 atom stereocenters. The summed E-state index contributed by atoms with van der Waals surface area (Å²) in [6, 6.07) is 21.7. The summed E-state index contributed by atoms with van der Waals surface area (Å²) >= 11 is 12.2. The van der Waals surface area contributed by atoms with E-state index in [1.54, 1.807) is 6.07 Å². The van der Waals surface area contributed by atoms with Crippen LogP contribution in [0.1, 0.15) is 0 Å². The molecule has 0 amide bonds. The lowest BCUT2D eigenvalue weighted by Gasteiger charge is -2.10. The number of hydrogen-bond acceptors (Lipinski definition) is 3. The van der Waals surface area contributed by atoms with Crippen LogP contribution in [0, 0.1) is 0 Å². The molecule has 6 heteroatoms. The van der Waals surface area contributed by atoms with Crippen molar-refractivity contribution in [3.05, 3.63) is 83.0 Å². The van der Waals surface area contributed by atoms with Crippen molar-refractivity contribution in [2.24, 2.45) is 0 Å². The van der Waals surface area contributed by atoms with Gasteiger partial charge in [0.25, 0.3) is 0 Å². The molecule has 0 unspecified atom stereocenters. The lowest BCUT2D eigenvalue weighted by molar-refractivity contribution is 1.12. The van der Waals surface area contributed by atoms with Gasteiger partial charge in [0.15, 0.2) is 0 Å². The predicted molar refractivity (Wildman–Crippen MR) is 117 cm³/mol. The summed E-state index contributed by atoms with van der Waals surface area (Å²) in [5, 5.41) is 14.2. The number of fused-ring (bicyclic) bond motifs is 2. The second-order valence-corrected chi connectivity index (χ2v) is 7.28. The Morgan fingerprint density at radius 2 is 1.71 bits per heavy atom. The van der Waals surface area contributed by atoms with Crippen molar-refractivity contribution in [1.29, 1.82) is 0 Å². The van der Waals surface area contributed by atoms with Gasteiger partial charge in [-0.05, 0) is 42.5 Å².